The van der Waals surface area contributed by atoms with Crippen LogP contribution in [0, 0.1) is 10.8 Å². The Kier molecular flexibility index (Phi) is 2.50. The molecular weight excluding hydrogens is 148 g/mol. The van der Waals surface area contributed by atoms with Crippen LogP contribution in [0.5, 0.6) is 0 Å². The molecule has 1 fully saturated rings. The topological polar surface area (TPSA) is 52.0 Å². The highest BCUT2D eigenvalue weighted by atomic mass is 14.8. The third-order valence-corrected chi connectivity index (χ3v) is 3.38. The van der Waals surface area contributed by atoms with Crippen molar-refractivity contribution in [2.45, 2.75) is 46.1 Å². The van der Waals surface area contributed by atoms with Crippen LogP contribution in [0.15, 0.2) is 0 Å². The Hall–Kier alpha value is -0.0800. The Balaban J connectivity index is 2.72. The van der Waals surface area contributed by atoms with Gasteiger partial charge in [0.05, 0.1) is 0 Å². The van der Waals surface area contributed by atoms with Crippen LogP contribution in [0.25, 0.3) is 0 Å². The summed E-state index contributed by atoms with van der Waals surface area (Å²) in [4.78, 5) is 0. The van der Waals surface area contributed by atoms with Gasteiger partial charge >= 0.3 is 0 Å². The first-order valence-corrected chi connectivity index (χ1v) is 4.85. The molecule has 2 heteroatoms. The lowest BCUT2D eigenvalue weighted by Crippen LogP contribution is -2.50. The molecule has 0 amide bonds. The lowest BCUT2D eigenvalue weighted by Gasteiger charge is -2.46. The normalized spacial score (nSPS) is 41.2. The van der Waals surface area contributed by atoms with E-state index < -0.39 is 0 Å². The van der Waals surface area contributed by atoms with E-state index in [2.05, 4.69) is 20.8 Å². The maximum atomic E-state index is 6.06. The minimum Gasteiger partial charge on any atom is -0.330 e. The van der Waals surface area contributed by atoms with Crippen LogP contribution < -0.4 is 11.5 Å². The molecule has 0 aromatic rings. The summed E-state index contributed by atoms with van der Waals surface area (Å²) >= 11 is 0. The van der Waals surface area contributed by atoms with Crippen molar-refractivity contribution < 1.29 is 0 Å². The minimum absolute atomic E-state index is 0.168. The Morgan fingerprint density at radius 1 is 1.33 bits per heavy atom. The third kappa shape index (κ3) is 1.80. The molecule has 1 aliphatic carbocycles. The molecule has 0 aromatic carbocycles. The van der Waals surface area contributed by atoms with Gasteiger partial charge in [0.2, 0.25) is 0 Å². The van der Waals surface area contributed by atoms with Crippen LogP contribution in [-0.4, -0.2) is 12.6 Å². The summed E-state index contributed by atoms with van der Waals surface area (Å²) in [5.74, 6) is 0. The summed E-state index contributed by atoms with van der Waals surface area (Å²) in [6.07, 6.45) is 3.53. The van der Waals surface area contributed by atoms with Gasteiger partial charge in [-0.15, -0.1) is 0 Å². The molecule has 4 N–H and O–H groups in total. The summed E-state index contributed by atoms with van der Waals surface area (Å²) in [5, 5.41) is 0. The van der Waals surface area contributed by atoms with Gasteiger partial charge in [-0.2, -0.15) is 0 Å². The van der Waals surface area contributed by atoms with Gasteiger partial charge in [0.15, 0.2) is 0 Å². The number of hydrogen-bond acceptors (Lipinski definition) is 2. The highest BCUT2D eigenvalue weighted by Crippen LogP contribution is 2.44. The largest absolute Gasteiger partial charge is 0.330 e. The van der Waals surface area contributed by atoms with E-state index in [9.17, 15) is 0 Å². The van der Waals surface area contributed by atoms with E-state index in [0.29, 0.717) is 11.5 Å². The van der Waals surface area contributed by atoms with Crippen LogP contribution in [0.4, 0.5) is 0 Å². The Morgan fingerprint density at radius 2 is 1.92 bits per heavy atom. The van der Waals surface area contributed by atoms with Gasteiger partial charge in [0.25, 0.3) is 0 Å². The Labute approximate surface area is 75.7 Å². The molecular formula is C10H22N2. The SMILES string of the molecule is CC1(C)CCC(N)C(C)(CN)C1. The van der Waals surface area contributed by atoms with E-state index in [1.165, 1.54) is 6.42 Å². The molecule has 0 radical (unpaired) electrons. The summed E-state index contributed by atoms with van der Waals surface area (Å²) in [5.41, 5.74) is 12.4. The van der Waals surface area contributed by atoms with Gasteiger partial charge in [-0.25, -0.2) is 0 Å². The third-order valence-electron chi connectivity index (χ3n) is 3.38. The quantitative estimate of drug-likeness (QED) is 0.626. The first-order chi connectivity index (χ1) is 5.40. The fourth-order valence-corrected chi connectivity index (χ4v) is 2.43. The number of hydrogen-bond donors (Lipinski definition) is 2. The molecule has 1 saturated carbocycles. The molecule has 0 bridgehead atoms. The van der Waals surface area contributed by atoms with Crippen LogP contribution >= 0.6 is 0 Å². The molecule has 0 spiro atoms. The lowest BCUT2D eigenvalue weighted by atomic mass is 9.62. The fraction of sp³-hybridized carbons (Fsp3) is 1.00. The van der Waals surface area contributed by atoms with Crippen molar-refractivity contribution in [3.05, 3.63) is 0 Å². The second kappa shape index (κ2) is 3.00. The molecule has 0 aliphatic heterocycles. The zero-order valence-corrected chi connectivity index (χ0v) is 8.56. The second-order valence-corrected chi connectivity index (χ2v) is 5.34. The summed E-state index contributed by atoms with van der Waals surface area (Å²) in [6.45, 7) is 7.57. The molecule has 0 aromatic heterocycles. The Bertz CT molecular complexity index is 165. The summed E-state index contributed by atoms with van der Waals surface area (Å²) < 4.78 is 0. The molecule has 2 nitrogen and oxygen atoms in total. The molecule has 0 heterocycles. The van der Waals surface area contributed by atoms with Crippen molar-refractivity contribution in [1.82, 2.24) is 0 Å². The van der Waals surface area contributed by atoms with E-state index >= 15 is 0 Å². The van der Waals surface area contributed by atoms with Crippen molar-refractivity contribution in [3.8, 4) is 0 Å². The highest BCUT2D eigenvalue weighted by molar-refractivity contribution is 4.95. The van der Waals surface area contributed by atoms with Crippen molar-refractivity contribution in [2.24, 2.45) is 22.3 Å². The van der Waals surface area contributed by atoms with Crippen molar-refractivity contribution >= 4 is 0 Å². The maximum absolute atomic E-state index is 6.06. The van der Waals surface area contributed by atoms with Crippen LogP contribution in [0.1, 0.15) is 40.0 Å². The molecule has 12 heavy (non-hydrogen) atoms. The number of rotatable bonds is 1. The molecule has 72 valence electrons. The van der Waals surface area contributed by atoms with Crippen molar-refractivity contribution in [3.63, 3.8) is 0 Å². The second-order valence-electron chi connectivity index (χ2n) is 5.34. The van der Waals surface area contributed by atoms with Gasteiger partial charge in [-0.3, -0.25) is 0 Å². The van der Waals surface area contributed by atoms with Gasteiger partial charge in [-0.05, 0) is 36.6 Å². The van der Waals surface area contributed by atoms with Gasteiger partial charge in [0.1, 0.15) is 0 Å². The molecule has 2 atom stereocenters. The van der Waals surface area contributed by atoms with E-state index in [0.717, 1.165) is 19.4 Å². The van der Waals surface area contributed by atoms with E-state index in [1.807, 2.05) is 0 Å². The smallest absolute Gasteiger partial charge is 0.0105 e. The molecule has 1 rings (SSSR count). The van der Waals surface area contributed by atoms with E-state index in [-0.39, 0.29) is 5.41 Å². The molecule has 0 saturated heterocycles. The molecule has 1 aliphatic rings. The maximum Gasteiger partial charge on any atom is 0.0105 e. The zero-order chi connectivity index (χ0) is 9.41. The summed E-state index contributed by atoms with van der Waals surface area (Å²) in [6, 6.07) is 0.301. The van der Waals surface area contributed by atoms with Crippen molar-refractivity contribution in [1.29, 1.82) is 0 Å². The van der Waals surface area contributed by atoms with Crippen LogP contribution in [0.3, 0.4) is 0 Å². The lowest BCUT2D eigenvalue weighted by molar-refractivity contribution is 0.0828. The monoisotopic (exact) mass is 170 g/mol. The average Bonchev–Trinajstić information content (AvgIpc) is 1.97. The zero-order valence-electron chi connectivity index (χ0n) is 8.56. The summed E-state index contributed by atoms with van der Waals surface area (Å²) in [7, 11) is 0. The molecule has 2 unspecified atom stereocenters. The Morgan fingerprint density at radius 3 is 2.33 bits per heavy atom. The van der Waals surface area contributed by atoms with Gasteiger partial charge < -0.3 is 11.5 Å². The van der Waals surface area contributed by atoms with Crippen LogP contribution in [0.2, 0.25) is 0 Å². The predicted octanol–water partition coefficient (Wildman–Crippen LogP) is 1.49. The first kappa shape index (κ1) is 10.0. The standard InChI is InChI=1S/C10H22N2/c1-9(2)5-4-8(12)10(3,6-9)7-11/h8H,4-7,11-12H2,1-3H3. The van der Waals surface area contributed by atoms with Gasteiger partial charge in [-0.1, -0.05) is 20.8 Å². The fourth-order valence-electron chi connectivity index (χ4n) is 2.43. The minimum atomic E-state index is 0.168. The number of nitrogens with two attached hydrogens (primary N) is 2. The highest BCUT2D eigenvalue weighted by Gasteiger charge is 2.40. The van der Waals surface area contributed by atoms with E-state index in [4.69, 9.17) is 11.5 Å². The predicted molar refractivity (Wildman–Crippen MR) is 52.8 cm³/mol. The van der Waals surface area contributed by atoms with E-state index in [1.54, 1.807) is 0 Å². The van der Waals surface area contributed by atoms with Gasteiger partial charge in [0, 0.05) is 6.04 Å². The van der Waals surface area contributed by atoms with Crippen LogP contribution in [-0.2, 0) is 0 Å². The average molecular weight is 170 g/mol. The first-order valence-electron chi connectivity index (χ1n) is 4.85. The van der Waals surface area contributed by atoms with Crippen molar-refractivity contribution in [2.75, 3.05) is 6.54 Å².